The Morgan fingerprint density at radius 2 is 2.29 bits per heavy atom. The maximum Gasteiger partial charge on any atom is 0.126 e. The lowest BCUT2D eigenvalue weighted by Crippen LogP contribution is -2.40. The molecule has 1 N–H and O–H groups in total. The number of hydrogen-bond acceptors (Lipinski definition) is 2. The minimum absolute atomic E-state index is 0.161. The number of halogens is 1. The molecule has 1 saturated heterocycles. The van der Waals surface area contributed by atoms with Crippen LogP contribution in [0.1, 0.15) is 12.5 Å². The summed E-state index contributed by atoms with van der Waals surface area (Å²) in [5, 5.41) is 3.22. The van der Waals surface area contributed by atoms with Gasteiger partial charge in [0, 0.05) is 13.0 Å². The molecular formula is C11H14FNO. The van der Waals surface area contributed by atoms with Crippen molar-refractivity contribution in [1.29, 1.82) is 0 Å². The fourth-order valence-electron chi connectivity index (χ4n) is 1.76. The number of benzene rings is 1. The third-order valence-corrected chi connectivity index (χ3v) is 2.51. The van der Waals surface area contributed by atoms with Crippen LogP contribution >= 0.6 is 0 Å². The predicted octanol–water partition coefficient (Wildman–Crippen LogP) is 1.70. The minimum Gasteiger partial charge on any atom is -0.359 e. The van der Waals surface area contributed by atoms with Gasteiger partial charge in [0.05, 0.1) is 6.61 Å². The summed E-state index contributed by atoms with van der Waals surface area (Å²) in [4.78, 5) is 0. The Morgan fingerprint density at radius 1 is 1.50 bits per heavy atom. The van der Waals surface area contributed by atoms with Crippen molar-refractivity contribution in [3.63, 3.8) is 0 Å². The van der Waals surface area contributed by atoms with E-state index in [4.69, 9.17) is 4.74 Å². The summed E-state index contributed by atoms with van der Waals surface area (Å²) in [7, 11) is 0. The fourth-order valence-corrected chi connectivity index (χ4v) is 1.76. The van der Waals surface area contributed by atoms with Crippen LogP contribution < -0.4 is 5.32 Å². The number of nitrogens with one attached hydrogen (secondary N) is 1. The molecule has 0 spiro atoms. The Labute approximate surface area is 83.1 Å². The molecule has 0 bridgehead atoms. The van der Waals surface area contributed by atoms with Gasteiger partial charge in [-0.3, -0.25) is 5.32 Å². The quantitative estimate of drug-likeness (QED) is 0.775. The maximum absolute atomic E-state index is 13.3. The van der Waals surface area contributed by atoms with Gasteiger partial charge in [-0.15, -0.1) is 0 Å². The molecular weight excluding hydrogens is 181 g/mol. The summed E-state index contributed by atoms with van der Waals surface area (Å²) in [6, 6.07) is 6.82. The van der Waals surface area contributed by atoms with Crippen molar-refractivity contribution in [3.05, 3.63) is 35.6 Å². The van der Waals surface area contributed by atoms with Crippen LogP contribution in [0.15, 0.2) is 24.3 Å². The van der Waals surface area contributed by atoms with E-state index >= 15 is 0 Å². The van der Waals surface area contributed by atoms with E-state index in [0.29, 0.717) is 18.6 Å². The minimum atomic E-state index is -0.401. The molecule has 0 radical (unpaired) electrons. The summed E-state index contributed by atoms with van der Waals surface area (Å²) in [5.74, 6) is -0.161. The van der Waals surface area contributed by atoms with Crippen LogP contribution in [0.3, 0.4) is 0 Å². The lowest BCUT2D eigenvalue weighted by atomic mass is 10.0. The highest BCUT2D eigenvalue weighted by Crippen LogP contribution is 2.19. The SMILES string of the molecule is CC1(Cc2ccccc2F)NCCO1. The Hall–Kier alpha value is -0.930. The van der Waals surface area contributed by atoms with Gasteiger partial charge < -0.3 is 4.74 Å². The zero-order chi connectivity index (χ0) is 10.0. The summed E-state index contributed by atoms with van der Waals surface area (Å²) < 4.78 is 18.9. The Balaban J connectivity index is 2.14. The zero-order valence-corrected chi connectivity index (χ0v) is 8.22. The molecule has 1 aromatic rings. The Bertz CT molecular complexity index is 321. The van der Waals surface area contributed by atoms with Crippen LogP contribution in [0.2, 0.25) is 0 Å². The van der Waals surface area contributed by atoms with Gasteiger partial charge >= 0.3 is 0 Å². The Morgan fingerprint density at radius 3 is 2.93 bits per heavy atom. The van der Waals surface area contributed by atoms with Gasteiger partial charge in [-0.2, -0.15) is 0 Å². The lowest BCUT2D eigenvalue weighted by Gasteiger charge is -2.23. The zero-order valence-electron chi connectivity index (χ0n) is 8.22. The number of hydrogen-bond donors (Lipinski definition) is 1. The van der Waals surface area contributed by atoms with Crippen LogP contribution in [0.25, 0.3) is 0 Å². The first kappa shape index (κ1) is 9.62. The van der Waals surface area contributed by atoms with Gasteiger partial charge in [0.15, 0.2) is 0 Å². The highest BCUT2D eigenvalue weighted by molar-refractivity contribution is 5.19. The average molecular weight is 195 g/mol. The van der Waals surface area contributed by atoms with Crippen LogP contribution in [0, 0.1) is 5.82 Å². The van der Waals surface area contributed by atoms with E-state index in [2.05, 4.69) is 5.32 Å². The van der Waals surface area contributed by atoms with E-state index in [1.54, 1.807) is 12.1 Å². The first-order valence-electron chi connectivity index (χ1n) is 4.82. The largest absolute Gasteiger partial charge is 0.359 e. The summed E-state index contributed by atoms with van der Waals surface area (Å²) in [6.07, 6.45) is 0.569. The normalized spacial score (nSPS) is 26.7. The van der Waals surface area contributed by atoms with Crippen molar-refractivity contribution in [2.75, 3.05) is 13.2 Å². The molecule has 1 heterocycles. The molecule has 1 fully saturated rings. The molecule has 1 unspecified atom stereocenters. The average Bonchev–Trinajstić information content (AvgIpc) is 2.57. The van der Waals surface area contributed by atoms with Gasteiger partial charge in [0.2, 0.25) is 0 Å². The molecule has 0 aliphatic carbocycles. The molecule has 14 heavy (non-hydrogen) atoms. The third kappa shape index (κ3) is 1.94. The topological polar surface area (TPSA) is 21.3 Å². The van der Waals surface area contributed by atoms with E-state index in [1.165, 1.54) is 6.07 Å². The molecule has 0 amide bonds. The van der Waals surface area contributed by atoms with E-state index in [0.717, 1.165) is 6.54 Å². The highest BCUT2D eigenvalue weighted by Gasteiger charge is 2.29. The summed E-state index contributed by atoms with van der Waals surface area (Å²) in [6.45, 7) is 3.49. The Kier molecular flexibility index (Phi) is 2.52. The smallest absolute Gasteiger partial charge is 0.126 e. The number of ether oxygens (including phenoxy) is 1. The maximum atomic E-state index is 13.3. The van der Waals surface area contributed by atoms with Gasteiger partial charge in [-0.25, -0.2) is 4.39 Å². The highest BCUT2D eigenvalue weighted by atomic mass is 19.1. The third-order valence-electron chi connectivity index (χ3n) is 2.51. The number of rotatable bonds is 2. The summed E-state index contributed by atoms with van der Waals surface area (Å²) in [5.41, 5.74) is 0.298. The summed E-state index contributed by atoms with van der Waals surface area (Å²) >= 11 is 0. The molecule has 3 heteroatoms. The van der Waals surface area contributed by atoms with Crippen molar-refractivity contribution in [1.82, 2.24) is 5.32 Å². The molecule has 1 atom stereocenters. The first-order chi connectivity index (χ1) is 6.70. The molecule has 0 aromatic heterocycles. The molecule has 1 aliphatic rings. The lowest BCUT2D eigenvalue weighted by molar-refractivity contribution is 0.00639. The van der Waals surface area contributed by atoms with Crippen LogP contribution in [0.4, 0.5) is 4.39 Å². The van der Waals surface area contributed by atoms with E-state index in [-0.39, 0.29) is 5.82 Å². The second-order valence-electron chi connectivity index (χ2n) is 3.77. The van der Waals surface area contributed by atoms with Crippen LogP contribution in [-0.2, 0) is 11.2 Å². The van der Waals surface area contributed by atoms with Crippen molar-refractivity contribution >= 4 is 0 Å². The van der Waals surface area contributed by atoms with Crippen molar-refractivity contribution in [2.24, 2.45) is 0 Å². The monoisotopic (exact) mass is 195 g/mol. The second-order valence-corrected chi connectivity index (χ2v) is 3.77. The second kappa shape index (κ2) is 3.67. The molecule has 0 saturated carbocycles. The van der Waals surface area contributed by atoms with Gasteiger partial charge in [0.25, 0.3) is 0 Å². The van der Waals surface area contributed by atoms with Gasteiger partial charge in [-0.1, -0.05) is 18.2 Å². The first-order valence-corrected chi connectivity index (χ1v) is 4.82. The molecule has 76 valence electrons. The van der Waals surface area contributed by atoms with Crippen LogP contribution in [-0.4, -0.2) is 18.9 Å². The molecule has 2 nitrogen and oxygen atoms in total. The molecule has 1 aromatic carbocycles. The fraction of sp³-hybridized carbons (Fsp3) is 0.455. The van der Waals surface area contributed by atoms with Crippen molar-refractivity contribution in [2.45, 2.75) is 19.1 Å². The van der Waals surface area contributed by atoms with E-state index in [1.807, 2.05) is 13.0 Å². The van der Waals surface area contributed by atoms with Crippen molar-refractivity contribution < 1.29 is 9.13 Å². The van der Waals surface area contributed by atoms with E-state index < -0.39 is 5.72 Å². The van der Waals surface area contributed by atoms with Crippen LogP contribution in [0.5, 0.6) is 0 Å². The van der Waals surface area contributed by atoms with Gasteiger partial charge in [0.1, 0.15) is 11.5 Å². The predicted molar refractivity (Wildman–Crippen MR) is 52.5 cm³/mol. The molecule has 2 rings (SSSR count). The van der Waals surface area contributed by atoms with Gasteiger partial charge in [-0.05, 0) is 18.6 Å². The molecule has 1 aliphatic heterocycles. The van der Waals surface area contributed by atoms with Crippen molar-refractivity contribution in [3.8, 4) is 0 Å². The standard InChI is InChI=1S/C11H14FNO/c1-11(13-6-7-14-11)8-9-4-2-3-5-10(9)12/h2-5,13H,6-8H2,1H3. The van der Waals surface area contributed by atoms with E-state index in [9.17, 15) is 4.39 Å².